The van der Waals surface area contributed by atoms with Crippen LogP contribution in [0.5, 0.6) is 0 Å². The second-order valence-electron chi connectivity index (χ2n) is 5.08. The maximum absolute atomic E-state index is 5.90. The first-order valence-electron chi connectivity index (χ1n) is 6.63. The molecule has 3 unspecified atom stereocenters. The average Bonchev–Trinajstić information content (AvgIpc) is 3.23. The third kappa shape index (κ3) is 2.65. The van der Waals surface area contributed by atoms with Gasteiger partial charge in [-0.15, -0.1) is 0 Å². The van der Waals surface area contributed by atoms with E-state index in [0.29, 0.717) is 22.9 Å². The monoisotopic (exact) mass is 272 g/mol. The van der Waals surface area contributed by atoms with Crippen LogP contribution in [0, 0.1) is 5.92 Å². The van der Waals surface area contributed by atoms with E-state index >= 15 is 0 Å². The highest BCUT2D eigenvalue weighted by atomic mass is 35.5. The summed E-state index contributed by atoms with van der Waals surface area (Å²) in [5.41, 5.74) is 2.51. The van der Waals surface area contributed by atoms with Crippen molar-refractivity contribution >= 4 is 11.6 Å². The van der Waals surface area contributed by atoms with Crippen LogP contribution in [-0.4, -0.2) is 12.0 Å². The van der Waals surface area contributed by atoms with E-state index in [-0.39, 0.29) is 0 Å². The predicted molar refractivity (Wildman–Crippen MR) is 78.3 cm³/mol. The van der Waals surface area contributed by atoms with Crippen LogP contribution in [0.4, 0.5) is 0 Å². The van der Waals surface area contributed by atoms with E-state index < -0.39 is 0 Å². The fraction of sp³-hybridized carbons (Fsp3) is 0.312. The average molecular weight is 273 g/mol. The number of benzene rings is 1. The van der Waals surface area contributed by atoms with Gasteiger partial charge in [0.25, 0.3) is 0 Å². The zero-order valence-electron chi connectivity index (χ0n) is 10.9. The first-order valence-corrected chi connectivity index (χ1v) is 7.01. The first-order chi connectivity index (χ1) is 9.29. The molecule has 3 atom stereocenters. The molecule has 0 aliphatic heterocycles. The van der Waals surface area contributed by atoms with Crippen LogP contribution in [0.3, 0.4) is 0 Å². The molecule has 0 radical (unpaired) electrons. The quantitative estimate of drug-likeness (QED) is 0.916. The Kier molecular flexibility index (Phi) is 3.54. The summed E-state index contributed by atoms with van der Waals surface area (Å²) >= 11 is 5.90. The molecule has 1 N–H and O–H groups in total. The Morgan fingerprint density at radius 3 is 2.63 bits per heavy atom. The van der Waals surface area contributed by atoms with E-state index in [1.165, 1.54) is 12.0 Å². The topological polar surface area (TPSA) is 24.9 Å². The highest BCUT2D eigenvalue weighted by Gasteiger charge is 2.44. The molecule has 1 aliphatic rings. The molecule has 2 aromatic rings. The van der Waals surface area contributed by atoms with E-state index in [2.05, 4.69) is 40.6 Å². The summed E-state index contributed by atoms with van der Waals surface area (Å²) in [6, 6.07) is 15.0. The minimum Gasteiger partial charge on any atom is -0.311 e. The van der Waals surface area contributed by atoms with Gasteiger partial charge in [0.2, 0.25) is 0 Å². The summed E-state index contributed by atoms with van der Waals surface area (Å²) in [4.78, 5) is 4.44. The summed E-state index contributed by atoms with van der Waals surface area (Å²) in [6.07, 6.45) is 2.95. The van der Waals surface area contributed by atoms with Crippen LogP contribution >= 0.6 is 11.6 Å². The molecule has 3 heteroatoms. The molecule has 0 amide bonds. The molecule has 98 valence electrons. The van der Waals surface area contributed by atoms with Crippen molar-refractivity contribution in [2.45, 2.75) is 18.4 Å². The van der Waals surface area contributed by atoms with Crippen molar-refractivity contribution in [3.63, 3.8) is 0 Å². The third-order valence-corrected chi connectivity index (χ3v) is 4.10. The van der Waals surface area contributed by atoms with Crippen molar-refractivity contribution in [1.29, 1.82) is 0 Å². The van der Waals surface area contributed by atoms with Gasteiger partial charge >= 0.3 is 0 Å². The molecule has 0 saturated heterocycles. The number of nitrogens with one attached hydrogen (secondary N) is 1. The molecule has 1 fully saturated rings. The van der Waals surface area contributed by atoms with E-state index in [1.54, 1.807) is 6.20 Å². The van der Waals surface area contributed by atoms with E-state index in [4.69, 9.17) is 11.6 Å². The maximum Gasteiger partial charge on any atom is 0.0589 e. The highest BCUT2D eigenvalue weighted by Crippen LogP contribution is 2.53. The Balaban J connectivity index is 1.77. The molecular formula is C16H17ClN2. The number of pyridine rings is 1. The summed E-state index contributed by atoms with van der Waals surface area (Å²) in [7, 11) is 2.00. The van der Waals surface area contributed by atoms with E-state index in [1.807, 2.05) is 19.2 Å². The SMILES string of the molecule is CNC(c1ccc(Cl)cn1)C1CC1c1ccccc1. The van der Waals surface area contributed by atoms with Crippen molar-refractivity contribution in [3.05, 3.63) is 64.9 Å². The lowest BCUT2D eigenvalue weighted by molar-refractivity contribution is 0.505. The van der Waals surface area contributed by atoms with Crippen molar-refractivity contribution < 1.29 is 0 Å². The first kappa shape index (κ1) is 12.6. The second kappa shape index (κ2) is 5.32. The number of hydrogen-bond acceptors (Lipinski definition) is 2. The van der Waals surface area contributed by atoms with Gasteiger partial charge in [-0.2, -0.15) is 0 Å². The molecule has 0 spiro atoms. The molecule has 1 saturated carbocycles. The van der Waals surface area contributed by atoms with Gasteiger partial charge in [-0.25, -0.2) is 0 Å². The fourth-order valence-corrected chi connectivity index (χ4v) is 2.93. The van der Waals surface area contributed by atoms with Gasteiger partial charge in [0.1, 0.15) is 0 Å². The number of aromatic nitrogens is 1. The molecule has 0 bridgehead atoms. The normalized spacial score (nSPS) is 23.1. The van der Waals surface area contributed by atoms with Crippen molar-refractivity contribution in [1.82, 2.24) is 10.3 Å². The number of rotatable bonds is 4. The van der Waals surface area contributed by atoms with Gasteiger partial charge in [0.05, 0.1) is 16.8 Å². The largest absolute Gasteiger partial charge is 0.311 e. The summed E-state index contributed by atoms with van der Waals surface area (Å²) < 4.78 is 0. The fourth-order valence-electron chi connectivity index (χ4n) is 2.82. The Bertz CT molecular complexity index is 538. The maximum atomic E-state index is 5.90. The van der Waals surface area contributed by atoms with Gasteiger partial charge in [0.15, 0.2) is 0 Å². The van der Waals surface area contributed by atoms with Crippen LogP contribution < -0.4 is 5.32 Å². The second-order valence-corrected chi connectivity index (χ2v) is 5.52. The minimum atomic E-state index is 0.308. The van der Waals surface area contributed by atoms with Crippen molar-refractivity contribution in [3.8, 4) is 0 Å². The highest BCUT2D eigenvalue weighted by molar-refractivity contribution is 6.30. The van der Waals surface area contributed by atoms with Crippen molar-refractivity contribution in [2.24, 2.45) is 5.92 Å². The van der Waals surface area contributed by atoms with Gasteiger partial charge < -0.3 is 5.32 Å². The lowest BCUT2D eigenvalue weighted by atomic mass is 10.0. The smallest absolute Gasteiger partial charge is 0.0589 e. The van der Waals surface area contributed by atoms with Crippen LogP contribution in [0.2, 0.25) is 5.02 Å². The summed E-state index contributed by atoms with van der Waals surface area (Å²) in [5, 5.41) is 4.08. The van der Waals surface area contributed by atoms with Gasteiger partial charge in [-0.3, -0.25) is 4.98 Å². The summed E-state index contributed by atoms with van der Waals surface area (Å²) in [5.74, 6) is 1.28. The van der Waals surface area contributed by atoms with Crippen LogP contribution in [-0.2, 0) is 0 Å². The van der Waals surface area contributed by atoms with Gasteiger partial charge in [-0.1, -0.05) is 41.9 Å². The van der Waals surface area contributed by atoms with Crippen molar-refractivity contribution in [2.75, 3.05) is 7.05 Å². The molecule has 3 rings (SSSR count). The van der Waals surface area contributed by atoms with Crippen LogP contribution in [0.15, 0.2) is 48.7 Å². The van der Waals surface area contributed by atoms with Crippen LogP contribution in [0.25, 0.3) is 0 Å². The van der Waals surface area contributed by atoms with Gasteiger partial charge in [0, 0.05) is 6.20 Å². The Morgan fingerprint density at radius 1 is 1.21 bits per heavy atom. The Hall–Kier alpha value is -1.38. The molecular weight excluding hydrogens is 256 g/mol. The standard InChI is InChI=1S/C16H17ClN2/c1-18-16(15-8-7-12(17)10-19-15)14-9-13(14)11-5-3-2-4-6-11/h2-8,10,13-14,16,18H,9H2,1H3. The molecule has 1 aromatic carbocycles. The van der Waals surface area contributed by atoms with Gasteiger partial charge in [-0.05, 0) is 43.0 Å². The minimum absolute atomic E-state index is 0.308. The van der Waals surface area contributed by atoms with E-state index in [0.717, 1.165) is 5.69 Å². The molecule has 2 nitrogen and oxygen atoms in total. The zero-order chi connectivity index (χ0) is 13.2. The lowest BCUT2D eigenvalue weighted by Crippen LogP contribution is -2.20. The Morgan fingerprint density at radius 2 is 2.00 bits per heavy atom. The lowest BCUT2D eigenvalue weighted by Gasteiger charge is -2.15. The number of halogens is 1. The molecule has 19 heavy (non-hydrogen) atoms. The molecule has 1 aliphatic carbocycles. The summed E-state index contributed by atoms with van der Waals surface area (Å²) in [6.45, 7) is 0. The molecule has 1 heterocycles. The number of hydrogen-bond donors (Lipinski definition) is 1. The van der Waals surface area contributed by atoms with E-state index in [9.17, 15) is 0 Å². The molecule has 1 aromatic heterocycles. The zero-order valence-corrected chi connectivity index (χ0v) is 11.6. The van der Waals surface area contributed by atoms with Crippen LogP contribution in [0.1, 0.15) is 29.6 Å². The predicted octanol–water partition coefficient (Wildman–Crippen LogP) is 3.80. The third-order valence-electron chi connectivity index (χ3n) is 3.88. The number of nitrogens with zero attached hydrogens (tertiary/aromatic N) is 1. The Labute approximate surface area is 118 Å².